The van der Waals surface area contributed by atoms with Crippen LogP contribution >= 0.6 is 23.4 Å². The maximum atomic E-state index is 12.5. The number of nitrogens with one attached hydrogen (secondary N) is 1. The Labute approximate surface area is 168 Å². The van der Waals surface area contributed by atoms with Gasteiger partial charge in [0, 0.05) is 62.2 Å². The van der Waals surface area contributed by atoms with Gasteiger partial charge in [-0.2, -0.15) is 0 Å². The van der Waals surface area contributed by atoms with Crippen molar-refractivity contribution in [3.8, 4) is 0 Å². The number of anilines is 1. The van der Waals surface area contributed by atoms with E-state index in [0.29, 0.717) is 49.9 Å². The number of thioether (sulfide) groups is 1. The molecule has 2 fully saturated rings. The summed E-state index contributed by atoms with van der Waals surface area (Å²) in [5, 5.41) is 3.53. The largest absolute Gasteiger partial charge is 0.341 e. The van der Waals surface area contributed by atoms with E-state index in [4.69, 9.17) is 11.6 Å². The van der Waals surface area contributed by atoms with Crippen molar-refractivity contribution >= 4 is 46.2 Å². The normalized spacial score (nSPS) is 17.8. The van der Waals surface area contributed by atoms with Crippen LogP contribution in [0.5, 0.6) is 0 Å². The van der Waals surface area contributed by atoms with E-state index in [1.54, 1.807) is 39.0 Å². The molecule has 4 amide bonds. The molecule has 0 spiro atoms. The molecule has 2 aliphatic rings. The van der Waals surface area contributed by atoms with Crippen LogP contribution in [0.2, 0.25) is 5.02 Å². The fourth-order valence-corrected chi connectivity index (χ4v) is 4.10. The van der Waals surface area contributed by atoms with Crippen LogP contribution in [0.1, 0.15) is 12.8 Å². The lowest BCUT2D eigenvalue weighted by Crippen LogP contribution is -2.40. The monoisotopic (exact) mass is 410 g/mol. The summed E-state index contributed by atoms with van der Waals surface area (Å²) in [7, 11) is 0. The summed E-state index contributed by atoms with van der Waals surface area (Å²) < 4.78 is 0. The van der Waals surface area contributed by atoms with Crippen molar-refractivity contribution in [1.29, 1.82) is 0 Å². The van der Waals surface area contributed by atoms with Gasteiger partial charge >= 0.3 is 6.03 Å². The zero-order chi connectivity index (χ0) is 19.2. The van der Waals surface area contributed by atoms with Crippen LogP contribution in [-0.4, -0.2) is 76.9 Å². The highest BCUT2D eigenvalue weighted by Crippen LogP contribution is 2.18. The van der Waals surface area contributed by atoms with Crippen molar-refractivity contribution in [3.05, 3.63) is 29.3 Å². The second kappa shape index (κ2) is 9.32. The summed E-state index contributed by atoms with van der Waals surface area (Å²) in [5.41, 5.74) is 0.690. The van der Waals surface area contributed by atoms with Gasteiger partial charge in [0.1, 0.15) is 0 Å². The third-order valence-electron chi connectivity index (χ3n) is 4.67. The zero-order valence-corrected chi connectivity index (χ0v) is 16.6. The van der Waals surface area contributed by atoms with Crippen molar-refractivity contribution in [2.45, 2.75) is 12.8 Å². The summed E-state index contributed by atoms with van der Waals surface area (Å²) in [6.45, 7) is 3.42. The van der Waals surface area contributed by atoms with Gasteiger partial charge in [-0.15, -0.1) is 0 Å². The number of hydrogen-bond acceptors (Lipinski definition) is 4. The zero-order valence-electron chi connectivity index (χ0n) is 15.0. The Kier molecular flexibility index (Phi) is 6.84. The minimum atomic E-state index is -0.175. The van der Waals surface area contributed by atoms with Gasteiger partial charge in [0.25, 0.3) is 5.24 Å². The first-order chi connectivity index (χ1) is 13.0. The molecule has 9 heteroatoms. The Morgan fingerprint density at radius 1 is 1.04 bits per heavy atom. The average Bonchev–Trinajstić information content (AvgIpc) is 2.92. The van der Waals surface area contributed by atoms with Crippen LogP contribution < -0.4 is 5.32 Å². The van der Waals surface area contributed by atoms with E-state index in [0.717, 1.165) is 18.7 Å². The predicted octanol–water partition coefficient (Wildman–Crippen LogP) is 2.97. The highest BCUT2D eigenvalue weighted by Gasteiger charge is 2.25. The van der Waals surface area contributed by atoms with Gasteiger partial charge in [0.05, 0.1) is 0 Å². The summed E-state index contributed by atoms with van der Waals surface area (Å²) in [5.74, 6) is 0.841. The highest BCUT2D eigenvalue weighted by molar-refractivity contribution is 8.13. The van der Waals surface area contributed by atoms with Gasteiger partial charge in [-0.25, -0.2) is 4.79 Å². The number of nitrogens with zero attached hydrogens (tertiary/aromatic N) is 3. The van der Waals surface area contributed by atoms with Crippen LogP contribution in [-0.2, 0) is 4.79 Å². The van der Waals surface area contributed by atoms with Crippen molar-refractivity contribution in [2.75, 3.05) is 50.3 Å². The lowest BCUT2D eigenvalue weighted by atomic mass is 10.3. The van der Waals surface area contributed by atoms with Gasteiger partial charge in [0.15, 0.2) is 0 Å². The number of urea groups is 1. The standard InChI is InChI=1S/C18H23ClN4O3S/c19-14-2-4-15(5-3-14)20-17(25)22-8-1-7-21(10-11-22)16(24)6-9-23-12-13-27-18(23)26/h2-5H,1,6-13H2,(H,20,25). The first-order valence-corrected chi connectivity index (χ1v) is 10.4. The smallest absolute Gasteiger partial charge is 0.321 e. The van der Waals surface area contributed by atoms with Crippen LogP contribution in [0.25, 0.3) is 0 Å². The molecule has 0 aromatic heterocycles. The Balaban J connectivity index is 1.46. The number of hydrogen-bond donors (Lipinski definition) is 1. The average molecular weight is 411 g/mol. The molecule has 0 atom stereocenters. The van der Waals surface area contributed by atoms with Crippen LogP contribution in [0.3, 0.4) is 0 Å². The first kappa shape index (κ1) is 19.8. The van der Waals surface area contributed by atoms with Gasteiger partial charge in [-0.1, -0.05) is 23.4 Å². The molecule has 3 rings (SSSR count). The predicted molar refractivity (Wildman–Crippen MR) is 107 cm³/mol. The molecule has 0 bridgehead atoms. The maximum absolute atomic E-state index is 12.5. The van der Waals surface area contributed by atoms with E-state index in [2.05, 4.69) is 5.32 Å². The molecular weight excluding hydrogens is 388 g/mol. The molecule has 146 valence electrons. The summed E-state index contributed by atoms with van der Waals surface area (Å²) >= 11 is 7.16. The topological polar surface area (TPSA) is 73.0 Å². The molecule has 1 N–H and O–H groups in total. The van der Waals surface area contributed by atoms with Gasteiger partial charge in [0.2, 0.25) is 5.91 Å². The molecule has 0 aliphatic carbocycles. The number of rotatable bonds is 4. The number of carbonyl (C=O) groups excluding carboxylic acids is 3. The van der Waals surface area contributed by atoms with Gasteiger partial charge < -0.3 is 20.0 Å². The summed E-state index contributed by atoms with van der Waals surface area (Å²) in [6.07, 6.45) is 1.07. The lowest BCUT2D eigenvalue weighted by Gasteiger charge is -2.23. The molecule has 2 heterocycles. The molecule has 1 aromatic carbocycles. The van der Waals surface area contributed by atoms with E-state index in [-0.39, 0.29) is 17.2 Å². The quantitative estimate of drug-likeness (QED) is 0.828. The second-order valence-corrected chi connectivity index (χ2v) is 7.99. The van der Waals surface area contributed by atoms with E-state index in [9.17, 15) is 14.4 Å². The Bertz CT molecular complexity index is 700. The molecular formula is C18H23ClN4O3S. The highest BCUT2D eigenvalue weighted by atomic mass is 35.5. The molecule has 0 unspecified atom stereocenters. The van der Waals surface area contributed by atoms with Crippen molar-refractivity contribution in [3.63, 3.8) is 0 Å². The van der Waals surface area contributed by atoms with Crippen LogP contribution in [0.15, 0.2) is 24.3 Å². The van der Waals surface area contributed by atoms with Crippen LogP contribution in [0, 0.1) is 0 Å². The number of halogens is 1. The fourth-order valence-electron chi connectivity index (χ4n) is 3.12. The summed E-state index contributed by atoms with van der Waals surface area (Å²) in [6, 6.07) is 6.79. The Morgan fingerprint density at radius 2 is 1.74 bits per heavy atom. The van der Waals surface area contributed by atoms with E-state index < -0.39 is 0 Å². The van der Waals surface area contributed by atoms with Crippen molar-refractivity contribution in [2.24, 2.45) is 0 Å². The summed E-state index contributed by atoms with van der Waals surface area (Å²) in [4.78, 5) is 41.8. The third kappa shape index (κ3) is 5.52. The van der Waals surface area contributed by atoms with E-state index >= 15 is 0 Å². The number of carbonyl (C=O) groups is 3. The van der Waals surface area contributed by atoms with E-state index in [1.807, 2.05) is 0 Å². The SMILES string of the molecule is O=C(CCN1CCSC1=O)N1CCCN(C(=O)Nc2ccc(Cl)cc2)CC1. The molecule has 2 aliphatic heterocycles. The molecule has 2 saturated heterocycles. The molecule has 0 radical (unpaired) electrons. The molecule has 27 heavy (non-hydrogen) atoms. The Morgan fingerprint density at radius 3 is 2.44 bits per heavy atom. The van der Waals surface area contributed by atoms with Gasteiger partial charge in [-0.05, 0) is 30.7 Å². The van der Waals surface area contributed by atoms with Crippen molar-refractivity contribution in [1.82, 2.24) is 14.7 Å². The minimum Gasteiger partial charge on any atom is -0.341 e. The third-order valence-corrected chi connectivity index (χ3v) is 5.82. The Hall–Kier alpha value is -1.93. The van der Waals surface area contributed by atoms with E-state index in [1.165, 1.54) is 11.8 Å². The molecule has 0 saturated carbocycles. The lowest BCUT2D eigenvalue weighted by molar-refractivity contribution is -0.131. The maximum Gasteiger partial charge on any atom is 0.321 e. The first-order valence-electron chi connectivity index (χ1n) is 9.04. The second-order valence-electron chi connectivity index (χ2n) is 6.51. The van der Waals surface area contributed by atoms with Crippen LogP contribution in [0.4, 0.5) is 15.3 Å². The van der Waals surface area contributed by atoms with Crippen molar-refractivity contribution < 1.29 is 14.4 Å². The molecule has 1 aromatic rings. The number of benzene rings is 1. The fraction of sp³-hybridized carbons (Fsp3) is 0.500. The molecule has 7 nitrogen and oxygen atoms in total. The van der Waals surface area contributed by atoms with Gasteiger partial charge in [-0.3, -0.25) is 9.59 Å². The number of amides is 4. The minimum absolute atomic E-state index is 0.0414.